The van der Waals surface area contributed by atoms with Gasteiger partial charge < -0.3 is 15.2 Å². The normalized spacial score (nSPS) is 12.2. The minimum Gasteiger partial charge on any atom is -0.481 e. The van der Waals surface area contributed by atoms with Gasteiger partial charge in [0.25, 0.3) is 0 Å². The first-order chi connectivity index (χ1) is 7.97. The van der Waals surface area contributed by atoms with Crippen LogP contribution in [0.15, 0.2) is 0 Å². The first-order valence-corrected chi connectivity index (χ1v) is 6.09. The third-order valence-corrected chi connectivity index (χ3v) is 2.73. The second kappa shape index (κ2) is 8.84. The van der Waals surface area contributed by atoms with Gasteiger partial charge in [0.2, 0.25) is 0 Å². The second-order valence-corrected chi connectivity index (χ2v) is 4.37. The number of aliphatic carboxylic acids is 1. The number of hydrogen-bond donors (Lipinski definition) is 2. The maximum Gasteiger partial charge on any atom is 0.407 e. The van der Waals surface area contributed by atoms with Gasteiger partial charge in [0.1, 0.15) is 0 Å². The van der Waals surface area contributed by atoms with Crippen molar-refractivity contribution in [3.8, 4) is 0 Å². The van der Waals surface area contributed by atoms with Crippen molar-refractivity contribution in [3.05, 3.63) is 0 Å². The molecule has 0 aliphatic heterocycles. The van der Waals surface area contributed by atoms with Crippen molar-refractivity contribution < 1.29 is 19.4 Å². The molecule has 100 valence electrons. The zero-order valence-electron chi connectivity index (χ0n) is 10.9. The summed E-state index contributed by atoms with van der Waals surface area (Å²) in [4.78, 5) is 21.5. The average molecular weight is 245 g/mol. The summed E-state index contributed by atoms with van der Waals surface area (Å²) in [6, 6.07) is 0. The van der Waals surface area contributed by atoms with Crippen LogP contribution in [0.1, 0.15) is 40.0 Å². The van der Waals surface area contributed by atoms with Gasteiger partial charge in [0.05, 0.1) is 6.61 Å². The molecular formula is C12H23NO4. The molecule has 1 amide bonds. The van der Waals surface area contributed by atoms with Crippen molar-refractivity contribution in [1.29, 1.82) is 0 Å². The van der Waals surface area contributed by atoms with Gasteiger partial charge in [-0.2, -0.15) is 0 Å². The number of carbonyl (C=O) groups excluding carboxylic acids is 1. The van der Waals surface area contributed by atoms with Crippen LogP contribution in [0, 0.1) is 11.8 Å². The zero-order valence-corrected chi connectivity index (χ0v) is 10.9. The lowest BCUT2D eigenvalue weighted by Gasteiger charge is -2.20. The van der Waals surface area contributed by atoms with Crippen LogP contribution < -0.4 is 5.32 Å². The van der Waals surface area contributed by atoms with Crippen LogP contribution in [-0.2, 0) is 9.53 Å². The number of hydrogen-bond acceptors (Lipinski definition) is 3. The zero-order chi connectivity index (χ0) is 13.3. The summed E-state index contributed by atoms with van der Waals surface area (Å²) in [6.45, 7) is 6.77. The molecule has 0 aromatic heterocycles. The Bertz CT molecular complexity index is 241. The van der Waals surface area contributed by atoms with Gasteiger partial charge in [-0.25, -0.2) is 4.79 Å². The second-order valence-electron chi connectivity index (χ2n) is 4.37. The summed E-state index contributed by atoms with van der Waals surface area (Å²) in [5.41, 5.74) is 0. The van der Waals surface area contributed by atoms with Crippen molar-refractivity contribution in [3.63, 3.8) is 0 Å². The van der Waals surface area contributed by atoms with Gasteiger partial charge in [-0.05, 0) is 31.6 Å². The summed E-state index contributed by atoms with van der Waals surface area (Å²) in [6.07, 6.45) is 1.21. The fourth-order valence-corrected chi connectivity index (χ4v) is 1.66. The highest BCUT2D eigenvalue weighted by molar-refractivity contribution is 5.67. The van der Waals surface area contributed by atoms with Gasteiger partial charge in [-0.3, -0.25) is 4.79 Å². The Balaban J connectivity index is 3.85. The minimum atomic E-state index is -0.769. The Morgan fingerprint density at radius 3 is 2.41 bits per heavy atom. The van der Waals surface area contributed by atoms with E-state index in [0.29, 0.717) is 31.4 Å². The van der Waals surface area contributed by atoms with Crippen LogP contribution >= 0.6 is 0 Å². The number of carboxylic acids is 1. The number of carboxylic acid groups (broad SMARTS) is 1. The van der Waals surface area contributed by atoms with E-state index in [1.54, 1.807) is 6.92 Å². The highest BCUT2D eigenvalue weighted by Crippen LogP contribution is 2.20. The Morgan fingerprint density at radius 1 is 1.29 bits per heavy atom. The number of alkyl carbamates (subject to hydrolysis) is 1. The minimum absolute atomic E-state index is 0.183. The Kier molecular flexibility index (Phi) is 8.19. The molecule has 0 rings (SSSR count). The summed E-state index contributed by atoms with van der Waals surface area (Å²) < 4.78 is 4.74. The van der Waals surface area contributed by atoms with Crippen molar-refractivity contribution in [1.82, 2.24) is 5.32 Å². The quantitative estimate of drug-likeness (QED) is 0.687. The highest BCUT2D eigenvalue weighted by atomic mass is 16.5. The van der Waals surface area contributed by atoms with Gasteiger partial charge in [0, 0.05) is 13.0 Å². The molecule has 5 nitrogen and oxygen atoms in total. The number of nitrogens with one attached hydrogen (secondary N) is 1. The van der Waals surface area contributed by atoms with E-state index in [1.807, 2.05) is 0 Å². The monoisotopic (exact) mass is 245 g/mol. The summed E-state index contributed by atoms with van der Waals surface area (Å²) >= 11 is 0. The molecule has 0 aromatic carbocycles. The standard InChI is InChI=1S/C12H23NO4/c1-4-17-12(16)13-8-7-10(9(2)3)5-6-11(14)15/h9-10H,4-8H2,1-3H3,(H,13,16)(H,14,15). The number of rotatable bonds is 8. The SMILES string of the molecule is CCOC(=O)NCCC(CCC(=O)O)C(C)C. The molecule has 2 N–H and O–H groups in total. The third-order valence-electron chi connectivity index (χ3n) is 2.73. The average Bonchev–Trinajstić information content (AvgIpc) is 2.22. The summed E-state index contributed by atoms with van der Waals surface area (Å²) in [7, 11) is 0. The first kappa shape index (κ1) is 15.7. The van der Waals surface area contributed by atoms with E-state index in [0.717, 1.165) is 6.42 Å². The van der Waals surface area contributed by atoms with Gasteiger partial charge >= 0.3 is 12.1 Å². The van der Waals surface area contributed by atoms with Crippen LogP contribution in [0.5, 0.6) is 0 Å². The largest absolute Gasteiger partial charge is 0.481 e. The molecule has 0 fully saturated rings. The molecule has 0 bridgehead atoms. The lowest BCUT2D eigenvalue weighted by atomic mass is 9.88. The summed E-state index contributed by atoms with van der Waals surface area (Å²) in [5.74, 6) is -0.0413. The molecule has 17 heavy (non-hydrogen) atoms. The molecule has 0 heterocycles. The van der Waals surface area contributed by atoms with E-state index in [-0.39, 0.29) is 6.42 Å². The molecule has 0 saturated heterocycles. The first-order valence-electron chi connectivity index (χ1n) is 6.09. The molecule has 5 heteroatoms. The van der Waals surface area contributed by atoms with Crippen LogP contribution in [0.4, 0.5) is 4.79 Å². The Labute approximate surface area is 103 Å². The number of amides is 1. The molecule has 0 saturated carbocycles. The molecule has 0 aromatic rings. The van der Waals surface area contributed by atoms with E-state index in [1.165, 1.54) is 0 Å². The lowest BCUT2D eigenvalue weighted by molar-refractivity contribution is -0.137. The maximum absolute atomic E-state index is 11.0. The van der Waals surface area contributed by atoms with E-state index >= 15 is 0 Å². The fourth-order valence-electron chi connectivity index (χ4n) is 1.66. The predicted molar refractivity (Wildman–Crippen MR) is 64.8 cm³/mol. The van der Waals surface area contributed by atoms with Crippen molar-refractivity contribution >= 4 is 12.1 Å². The summed E-state index contributed by atoms with van der Waals surface area (Å²) in [5, 5.41) is 11.3. The number of carbonyl (C=O) groups is 2. The van der Waals surface area contributed by atoms with Crippen LogP contribution in [0.2, 0.25) is 0 Å². The van der Waals surface area contributed by atoms with E-state index in [4.69, 9.17) is 9.84 Å². The van der Waals surface area contributed by atoms with Gasteiger partial charge in [0.15, 0.2) is 0 Å². The van der Waals surface area contributed by atoms with Crippen molar-refractivity contribution in [2.75, 3.05) is 13.2 Å². The topological polar surface area (TPSA) is 75.6 Å². The molecular weight excluding hydrogens is 222 g/mol. The van der Waals surface area contributed by atoms with E-state index < -0.39 is 12.1 Å². The molecule has 0 aliphatic carbocycles. The molecule has 0 radical (unpaired) electrons. The van der Waals surface area contributed by atoms with Crippen molar-refractivity contribution in [2.24, 2.45) is 11.8 Å². The fraction of sp³-hybridized carbons (Fsp3) is 0.833. The number of ether oxygens (including phenoxy) is 1. The molecule has 0 spiro atoms. The smallest absolute Gasteiger partial charge is 0.407 e. The molecule has 1 unspecified atom stereocenters. The highest BCUT2D eigenvalue weighted by Gasteiger charge is 2.15. The Hall–Kier alpha value is -1.26. The van der Waals surface area contributed by atoms with Gasteiger partial charge in [-0.15, -0.1) is 0 Å². The van der Waals surface area contributed by atoms with Crippen LogP contribution in [-0.4, -0.2) is 30.3 Å². The molecule has 1 atom stereocenters. The van der Waals surface area contributed by atoms with E-state index in [2.05, 4.69) is 19.2 Å². The van der Waals surface area contributed by atoms with Crippen LogP contribution in [0.25, 0.3) is 0 Å². The van der Waals surface area contributed by atoms with E-state index in [9.17, 15) is 9.59 Å². The maximum atomic E-state index is 11.0. The predicted octanol–water partition coefficient (Wildman–Crippen LogP) is 2.26. The Morgan fingerprint density at radius 2 is 1.94 bits per heavy atom. The molecule has 0 aliphatic rings. The van der Waals surface area contributed by atoms with Gasteiger partial charge in [-0.1, -0.05) is 13.8 Å². The van der Waals surface area contributed by atoms with Crippen molar-refractivity contribution in [2.45, 2.75) is 40.0 Å². The van der Waals surface area contributed by atoms with Crippen LogP contribution in [0.3, 0.4) is 0 Å². The third kappa shape index (κ3) is 8.54. The lowest BCUT2D eigenvalue weighted by Crippen LogP contribution is -2.27.